The zero-order chi connectivity index (χ0) is 11.5. The Morgan fingerprint density at radius 3 is 2.75 bits per heavy atom. The van der Waals surface area contributed by atoms with Gasteiger partial charge >= 0.3 is 0 Å². The molecule has 0 atom stereocenters. The lowest BCUT2D eigenvalue weighted by molar-refractivity contribution is 0.740. The largest absolute Gasteiger partial charge is 0.371 e. The molecule has 0 unspecified atom stereocenters. The third-order valence-corrected chi connectivity index (χ3v) is 3.92. The maximum Gasteiger partial charge on any atom is 0.0410 e. The molecule has 0 bridgehead atoms. The SMILES string of the molecule is CCN(CC1CC1)c1ccc(Cl)cc1CBr. The lowest BCUT2D eigenvalue weighted by Crippen LogP contribution is -2.26. The number of alkyl halides is 1. The molecule has 0 aliphatic heterocycles. The number of benzene rings is 1. The van der Waals surface area contributed by atoms with Crippen LogP contribution in [0.3, 0.4) is 0 Å². The standard InChI is InChI=1S/C13H17BrClN/c1-2-16(9-10-3-4-10)13-6-5-12(15)7-11(13)8-14/h5-7,10H,2-4,8-9H2,1H3. The van der Waals surface area contributed by atoms with Crippen molar-refractivity contribution in [1.82, 2.24) is 0 Å². The summed E-state index contributed by atoms with van der Waals surface area (Å²) in [6.45, 7) is 4.48. The average Bonchev–Trinajstić information content (AvgIpc) is 3.10. The first-order valence-electron chi connectivity index (χ1n) is 5.84. The molecule has 0 aromatic heterocycles. The predicted molar refractivity (Wildman–Crippen MR) is 74.7 cm³/mol. The molecule has 3 heteroatoms. The Bertz CT molecular complexity index is 363. The fraction of sp³-hybridized carbons (Fsp3) is 0.538. The van der Waals surface area contributed by atoms with Crippen molar-refractivity contribution >= 4 is 33.2 Å². The first kappa shape index (κ1) is 12.3. The minimum Gasteiger partial charge on any atom is -0.371 e. The Kier molecular flexibility index (Phi) is 4.15. The summed E-state index contributed by atoms with van der Waals surface area (Å²) < 4.78 is 0. The van der Waals surface area contributed by atoms with Gasteiger partial charge in [0, 0.05) is 29.1 Å². The van der Waals surface area contributed by atoms with E-state index < -0.39 is 0 Å². The minimum absolute atomic E-state index is 0.820. The minimum atomic E-state index is 0.820. The van der Waals surface area contributed by atoms with E-state index in [0.717, 1.165) is 22.8 Å². The summed E-state index contributed by atoms with van der Waals surface area (Å²) in [5.74, 6) is 0.916. The summed E-state index contributed by atoms with van der Waals surface area (Å²) in [7, 11) is 0. The van der Waals surface area contributed by atoms with Gasteiger partial charge in [-0.2, -0.15) is 0 Å². The van der Waals surface area contributed by atoms with Gasteiger partial charge in [0.25, 0.3) is 0 Å². The van der Waals surface area contributed by atoms with Gasteiger partial charge in [-0.05, 0) is 49.4 Å². The smallest absolute Gasteiger partial charge is 0.0410 e. The third-order valence-electron chi connectivity index (χ3n) is 3.08. The van der Waals surface area contributed by atoms with Gasteiger partial charge in [-0.15, -0.1) is 0 Å². The molecule has 1 saturated carbocycles. The Labute approximate surface area is 111 Å². The van der Waals surface area contributed by atoms with Crippen LogP contribution in [-0.4, -0.2) is 13.1 Å². The fourth-order valence-corrected chi connectivity index (χ4v) is 2.62. The van der Waals surface area contributed by atoms with E-state index in [-0.39, 0.29) is 0 Å². The summed E-state index contributed by atoms with van der Waals surface area (Å²) in [5, 5.41) is 1.69. The van der Waals surface area contributed by atoms with Crippen molar-refractivity contribution in [2.75, 3.05) is 18.0 Å². The molecule has 1 aliphatic carbocycles. The van der Waals surface area contributed by atoms with E-state index in [4.69, 9.17) is 11.6 Å². The van der Waals surface area contributed by atoms with E-state index in [0.29, 0.717) is 0 Å². The van der Waals surface area contributed by atoms with E-state index in [1.54, 1.807) is 0 Å². The highest BCUT2D eigenvalue weighted by molar-refractivity contribution is 9.08. The van der Waals surface area contributed by atoms with Gasteiger partial charge in [0.05, 0.1) is 0 Å². The van der Waals surface area contributed by atoms with Crippen LogP contribution in [0.1, 0.15) is 25.3 Å². The Hall–Kier alpha value is -0.210. The summed E-state index contributed by atoms with van der Waals surface area (Å²) in [5.41, 5.74) is 2.62. The maximum absolute atomic E-state index is 6.02. The van der Waals surface area contributed by atoms with Crippen LogP contribution in [0, 0.1) is 5.92 Å². The van der Waals surface area contributed by atoms with Gasteiger partial charge in [0.2, 0.25) is 0 Å². The fourth-order valence-electron chi connectivity index (χ4n) is 1.98. The summed E-state index contributed by atoms with van der Waals surface area (Å²) >= 11 is 9.56. The van der Waals surface area contributed by atoms with E-state index in [9.17, 15) is 0 Å². The second kappa shape index (κ2) is 5.42. The predicted octanol–water partition coefficient (Wildman–Crippen LogP) is 4.47. The molecular formula is C13H17BrClN. The number of halogens is 2. The van der Waals surface area contributed by atoms with Crippen LogP contribution < -0.4 is 4.90 Å². The van der Waals surface area contributed by atoms with Crippen molar-refractivity contribution in [2.45, 2.75) is 25.1 Å². The number of nitrogens with zero attached hydrogens (tertiary/aromatic N) is 1. The van der Waals surface area contributed by atoms with Crippen LogP contribution in [0.4, 0.5) is 5.69 Å². The van der Waals surface area contributed by atoms with E-state index in [1.165, 1.54) is 30.6 Å². The summed E-state index contributed by atoms with van der Waals surface area (Å²) in [6.07, 6.45) is 2.79. The zero-order valence-electron chi connectivity index (χ0n) is 9.55. The van der Waals surface area contributed by atoms with E-state index >= 15 is 0 Å². The quantitative estimate of drug-likeness (QED) is 0.725. The molecule has 1 aliphatic rings. The van der Waals surface area contributed by atoms with Crippen LogP contribution in [0.15, 0.2) is 18.2 Å². The van der Waals surface area contributed by atoms with Crippen molar-refractivity contribution in [2.24, 2.45) is 5.92 Å². The van der Waals surface area contributed by atoms with Gasteiger partial charge < -0.3 is 4.90 Å². The van der Waals surface area contributed by atoms with Crippen LogP contribution in [0.25, 0.3) is 0 Å². The van der Waals surface area contributed by atoms with Gasteiger partial charge in [-0.1, -0.05) is 27.5 Å². The van der Waals surface area contributed by atoms with Gasteiger partial charge in [0.1, 0.15) is 0 Å². The second-order valence-electron chi connectivity index (χ2n) is 4.39. The zero-order valence-corrected chi connectivity index (χ0v) is 11.9. The molecule has 88 valence electrons. The monoisotopic (exact) mass is 301 g/mol. The lowest BCUT2D eigenvalue weighted by atomic mass is 10.1. The molecule has 0 spiro atoms. The normalized spacial score (nSPS) is 15.2. The molecule has 2 rings (SSSR count). The van der Waals surface area contributed by atoms with Crippen LogP contribution >= 0.6 is 27.5 Å². The molecule has 1 nitrogen and oxygen atoms in total. The third kappa shape index (κ3) is 2.92. The molecule has 0 radical (unpaired) electrons. The van der Waals surface area contributed by atoms with Crippen LogP contribution in [0.2, 0.25) is 5.02 Å². The van der Waals surface area contributed by atoms with E-state index in [1.807, 2.05) is 6.07 Å². The number of hydrogen-bond donors (Lipinski definition) is 0. The highest BCUT2D eigenvalue weighted by Gasteiger charge is 2.24. The maximum atomic E-state index is 6.02. The molecule has 0 saturated heterocycles. The van der Waals surface area contributed by atoms with Gasteiger partial charge in [0.15, 0.2) is 0 Å². The van der Waals surface area contributed by atoms with Crippen molar-refractivity contribution in [1.29, 1.82) is 0 Å². The van der Waals surface area contributed by atoms with Crippen molar-refractivity contribution in [3.63, 3.8) is 0 Å². The van der Waals surface area contributed by atoms with Gasteiger partial charge in [-0.3, -0.25) is 0 Å². The average molecular weight is 303 g/mol. The molecule has 0 amide bonds. The van der Waals surface area contributed by atoms with Gasteiger partial charge in [-0.25, -0.2) is 0 Å². The van der Waals surface area contributed by atoms with E-state index in [2.05, 4.69) is 39.9 Å². The highest BCUT2D eigenvalue weighted by atomic mass is 79.9. The highest BCUT2D eigenvalue weighted by Crippen LogP contribution is 2.33. The molecule has 0 heterocycles. The molecule has 0 N–H and O–H groups in total. The Balaban J connectivity index is 2.21. The topological polar surface area (TPSA) is 3.24 Å². The molecule has 1 aromatic carbocycles. The van der Waals surface area contributed by atoms with Crippen molar-refractivity contribution < 1.29 is 0 Å². The summed E-state index contributed by atoms with van der Waals surface area (Å²) in [4.78, 5) is 2.46. The molecular weight excluding hydrogens is 286 g/mol. The Morgan fingerprint density at radius 2 is 2.19 bits per heavy atom. The van der Waals surface area contributed by atoms with Crippen molar-refractivity contribution in [3.05, 3.63) is 28.8 Å². The molecule has 16 heavy (non-hydrogen) atoms. The first-order valence-corrected chi connectivity index (χ1v) is 7.34. The first-order chi connectivity index (χ1) is 7.74. The lowest BCUT2D eigenvalue weighted by Gasteiger charge is -2.25. The van der Waals surface area contributed by atoms with Crippen LogP contribution in [-0.2, 0) is 5.33 Å². The summed E-state index contributed by atoms with van der Waals surface area (Å²) in [6, 6.07) is 6.19. The number of hydrogen-bond acceptors (Lipinski definition) is 1. The van der Waals surface area contributed by atoms with Crippen LogP contribution in [0.5, 0.6) is 0 Å². The second-order valence-corrected chi connectivity index (χ2v) is 5.39. The number of rotatable bonds is 5. The van der Waals surface area contributed by atoms with Crippen molar-refractivity contribution in [3.8, 4) is 0 Å². The molecule has 1 fully saturated rings. The Morgan fingerprint density at radius 1 is 1.44 bits per heavy atom. The number of anilines is 1. The molecule has 1 aromatic rings.